The van der Waals surface area contributed by atoms with Crippen molar-refractivity contribution in [3.8, 4) is 0 Å². The highest BCUT2D eigenvalue weighted by Gasteiger charge is 2.02. The molecule has 0 aliphatic heterocycles. The third-order valence-electron chi connectivity index (χ3n) is 1.45. The second kappa shape index (κ2) is 9.70. The third kappa shape index (κ3) is 12.8. The topological polar surface area (TPSA) is 224 Å². The number of nitrogens with two attached hydrogens (primary N) is 6. The second-order valence-corrected chi connectivity index (χ2v) is 3.11. The van der Waals surface area contributed by atoms with E-state index in [1.165, 1.54) is 24.3 Å². The molecular formula is C10H16N6O4. The van der Waals surface area contributed by atoms with Crippen LogP contribution in [0.3, 0.4) is 0 Å². The molecule has 10 heteroatoms. The average Bonchev–Trinajstić information content (AvgIpc) is 2.27. The van der Waals surface area contributed by atoms with E-state index in [1.807, 2.05) is 0 Å². The largest absolute Gasteiger partial charge is 0.366 e. The van der Waals surface area contributed by atoms with Crippen LogP contribution >= 0.6 is 0 Å². The van der Waals surface area contributed by atoms with Crippen LogP contribution in [0.5, 0.6) is 0 Å². The third-order valence-corrected chi connectivity index (χ3v) is 1.45. The minimum absolute atomic E-state index is 0.361. The molecule has 0 radical (unpaired) electrons. The Balaban J connectivity index is 0. The Labute approximate surface area is 114 Å². The number of hydrogen-bond donors (Lipinski definition) is 6. The predicted molar refractivity (Wildman–Crippen MR) is 71.0 cm³/mol. The summed E-state index contributed by atoms with van der Waals surface area (Å²) in [6.07, 6.45) is 0. The Morgan fingerprint density at radius 3 is 0.800 bits per heavy atom. The number of hydrogen-bond acceptors (Lipinski definition) is 4. The first-order valence-electron chi connectivity index (χ1n) is 4.87. The molecule has 12 N–H and O–H groups in total. The number of rotatable bonds is 2. The molecule has 10 nitrogen and oxygen atoms in total. The fourth-order valence-electron chi connectivity index (χ4n) is 0.799. The molecule has 0 atom stereocenters. The Morgan fingerprint density at radius 2 is 0.700 bits per heavy atom. The van der Waals surface area contributed by atoms with Gasteiger partial charge in [0.1, 0.15) is 0 Å². The van der Waals surface area contributed by atoms with Crippen molar-refractivity contribution in [3.05, 3.63) is 35.4 Å². The van der Waals surface area contributed by atoms with Gasteiger partial charge in [0.05, 0.1) is 0 Å². The molecule has 6 amide bonds. The number of carbonyl (C=O) groups excluding carboxylic acids is 4. The normalized spacial score (nSPS) is 8.00. The Morgan fingerprint density at radius 1 is 0.550 bits per heavy atom. The summed E-state index contributed by atoms with van der Waals surface area (Å²) in [5.74, 6) is -1.04. The van der Waals surface area contributed by atoms with Crippen LogP contribution in [0.25, 0.3) is 0 Å². The van der Waals surface area contributed by atoms with Gasteiger partial charge in [0.25, 0.3) is 0 Å². The first kappa shape index (κ1) is 19.0. The number of amides is 6. The van der Waals surface area contributed by atoms with Gasteiger partial charge in [0.2, 0.25) is 11.8 Å². The summed E-state index contributed by atoms with van der Waals surface area (Å²) in [6.45, 7) is 0. The molecule has 1 aromatic carbocycles. The highest BCUT2D eigenvalue weighted by atomic mass is 16.2. The van der Waals surface area contributed by atoms with Crippen molar-refractivity contribution in [3.63, 3.8) is 0 Å². The summed E-state index contributed by atoms with van der Waals surface area (Å²) in [5.41, 5.74) is 27.7. The molecule has 0 unspecified atom stereocenters. The van der Waals surface area contributed by atoms with Gasteiger partial charge < -0.3 is 34.4 Å². The number of primary amides is 6. The fraction of sp³-hybridized carbons (Fsp3) is 0. The van der Waals surface area contributed by atoms with Crippen LogP contribution in [0.1, 0.15) is 20.7 Å². The monoisotopic (exact) mass is 284 g/mol. The average molecular weight is 284 g/mol. The Kier molecular flexibility index (Phi) is 9.24. The van der Waals surface area contributed by atoms with E-state index in [4.69, 9.17) is 21.1 Å². The van der Waals surface area contributed by atoms with Gasteiger partial charge in [-0.3, -0.25) is 9.59 Å². The zero-order valence-electron chi connectivity index (χ0n) is 10.4. The van der Waals surface area contributed by atoms with Crippen LogP contribution in [0.4, 0.5) is 9.59 Å². The van der Waals surface area contributed by atoms with Gasteiger partial charge in [0, 0.05) is 11.1 Å². The van der Waals surface area contributed by atoms with Crippen LogP contribution < -0.4 is 34.4 Å². The van der Waals surface area contributed by atoms with Crippen LogP contribution in [-0.2, 0) is 0 Å². The van der Waals surface area contributed by atoms with E-state index < -0.39 is 23.9 Å². The van der Waals surface area contributed by atoms with Crippen molar-refractivity contribution in [1.29, 1.82) is 0 Å². The van der Waals surface area contributed by atoms with Gasteiger partial charge in [-0.1, -0.05) is 0 Å². The molecule has 0 spiro atoms. The summed E-state index contributed by atoms with van der Waals surface area (Å²) in [5, 5.41) is 0. The van der Waals surface area contributed by atoms with E-state index in [2.05, 4.69) is 22.9 Å². The molecule has 0 heterocycles. The number of urea groups is 2. The lowest BCUT2D eigenvalue weighted by molar-refractivity contribution is 0.0988. The summed E-state index contributed by atoms with van der Waals surface area (Å²) in [4.78, 5) is 39.2. The molecular weight excluding hydrogens is 268 g/mol. The van der Waals surface area contributed by atoms with E-state index in [1.54, 1.807) is 0 Å². The highest BCUT2D eigenvalue weighted by molar-refractivity contribution is 5.96. The molecule has 0 aromatic heterocycles. The highest BCUT2D eigenvalue weighted by Crippen LogP contribution is 2.02. The maximum absolute atomic E-state index is 10.6. The van der Waals surface area contributed by atoms with Gasteiger partial charge in [-0.15, -0.1) is 0 Å². The zero-order chi connectivity index (χ0) is 16.3. The Bertz CT molecular complexity index is 432. The lowest BCUT2D eigenvalue weighted by Gasteiger charge is -1.96. The SMILES string of the molecule is NC(=O)c1ccc(C(N)=O)cc1.NC(N)=O.NC(N)=O. The summed E-state index contributed by atoms with van der Waals surface area (Å²) in [6, 6.07) is 4.18. The maximum Gasteiger partial charge on any atom is 0.309 e. The number of benzene rings is 1. The van der Waals surface area contributed by atoms with Gasteiger partial charge >= 0.3 is 12.1 Å². The van der Waals surface area contributed by atoms with Crippen molar-refractivity contribution in [2.75, 3.05) is 0 Å². The van der Waals surface area contributed by atoms with Gasteiger partial charge in [-0.05, 0) is 24.3 Å². The second-order valence-electron chi connectivity index (χ2n) is 3.11. The summed E-state index contributed by atoms with van der Waals surface area (Å²) in [7, 11) is 0. The van der Waals surface area contributed by atoms with Gasteiger partial charge in [-0.25, -0.2) is 9.59 Å². The zero-order valence-corrected chi connectivity index (χ0v) is 10.4. The van der Waals surface area contributed by atoms with E-state index in [0.29, 0.717) is 11.1 Å². The molecule has 110 valence electrons. The van der Waals surface area contributed by atoms with Crippen LogP contribution in [0.15, 0.2) is 24.3 Å². The van der Waals surface area contributed by atoms with E-state index in [-0.39, 0.29) is 0 Å². The lowest BCUT2D eigenvalue weighted by Crippen LogP contribution is -2.18. The molecule has 0 bridgehead atoms. The predicted octanol–water partition coefficient (Wildman–Crippen LogP) is -2.07. The quantitative estimate of drug-likeness (QED) is 0.359. The standard InChI is InChI=1S/C8H8N2O2.2CH4N2O/c9-7(11)5-1-2-6(4-3-5)8(10)12;2*2-1(3)4/h1-4H,(H2,9,11)(H2,10,12);2*(H4,2,3,4). The molecule has 0 saturated carbocycles. The van der Waals surface area contributed by atoms with E-state index in [0.717, 1.165) is 0 Å². The van der Waals surface area contributed by atoms with Crippen molar-refractivity contribution in [1.82, 2.24) is 0 Å². The first-order valence-corrected chi connectivity index (χ1v) is 4.87. The number of carbonyl (C=O) groups is 4. The van der Waals surface area contributed by atoms with Gasteiger partial charge in [-0.2, -0.15) is 0 Å². The lowest BCUT2D eigenvalue weighted by atomic mass is 10.1. The molecule has 0 aliphatic rings. The minimum Gasteiger partial charge on any atom is -0.366 e. The van der Waals surface area contributed by atoms with Crippen LogP contribution in [0.2, 0.25) is 0 Å². The fourth-order valence-corrected chi connectivity index (χ4v) is 0.799. The molecule has 0 fully saturated rings. The molecule has 20 heavy (non-hydrogen) atoms. The van der Waals surface area contributed by atoms with Crippen molar-refractivity contribution in [2.45, 2.75) is 0 Å². The van der Waals surface area contributed by atoms with Crippen LogP contribution in [-0.4, -0.2) is 23.9 Å². The van der Waals surface area contributed by atoms with E-state index >= 15 is 0 Å². The molecule has 0 aliphatic carbocycles. The van der Waals surface area contributed by atoms with Crippen molar-refractivity contribution >= 4 is 23.9 Å². The maximum atomic E-state index is 10.6. The Hall–Kier alpha value is -3.30. The smallest absolute Gasteiger partial charge is 0.309 e. The van der Waals surface area contributed by atoms with Crippen molar-refractivity contribution < 1.29 is 19.2 Å². The minimum atomic E-state index is -0.833. The first-order chi connectivity index (χ1) is 9.07. The summed E-state index contributed by atoms with van der Waals surface area (Å²) >= 11 is 0. The van der Waals surface area contributed by atoms with E-state index in [9.17, 15) is 9.59 Å². The van der Waals surface area contributed by atoms with Gasteiger partial charge in [0.15, 0.2) is 0 Å². The van der Waals surface area contributed by atoms with Crippen molar-refractivity contribution in [2.24, 2.45) is 34.4 Å². The summed E-state index contributed by atoms with van der Waals surface area (Å²) < 4.78 is 0. The molecule has 1 rings (SSSR count). The van der Waals surface area contributed by atoms with Crippen LogP contribution in [0, 0.1) is 0 Å². The molecule has 1 aromatic rings. The molecule has 0 saturated heterocycles.